The van der Waals surface area contributed by atoms with Gasteiger partial charge in [-0.15, -0.1) is 0 Å². The van der Waals surface area contributed by atoms with Crippen LogP contribution in [0.5, 0.6) is 0 Å². The number of rotatable bonds is 3. The van der Waals surface area contributed by atoms with E-state index < -0.39 is 6.23 Å². The van der Waals surface area contributed by atoms with E-state index in [1.54, 1.807) is 19.9 Å². The lowest BCUT2D eigenvalue weighted by Gasteiger charge is -2.07. The molecular formula is C12H15NO2. The van der Waals surface area contributed by atoms with Crippen molar-refractivity contribution in [3.8, 4) is 0 Å². The van der Waals surface area contributed by atoms with Crippen LogP contribution in [0.1, 0.15) is 19.4 Å². The van der Waals surface area contributed by atoms with E-state index in [4.69, 9.17) is 10.5 Å². The van der Waals surface area contributed by atoms with Crippen LogP contribution in [-0.2, 0) is 9.53 Å². The molecule has 1 aromatic carbocycles. The molecular weight excluding hydrogens is 190 g/mol. The van der Waals surface area contributed by atoms with Crippen LogP contribution in [0.25, 0.3) is 6.08 Å². The maximum absolute atomic E-state index is 11.4. The Balaban J connectivity index is 2.72. The van der Waals surface area contributed by atoms with Crippen LogP contribution >= 0.6 is 0 Å². The van der Waals surface area contributed by atoms with E-state index in [9.17, 15) is 4.79 Å². The standard InChI is InChI=1S/C12H15NO2/c1-9(12(14)15-10(2)13)8-11-6-4-3-5-7-11/h3-8,10H,13H2,1-2H3. The molecule has 1 aromatic rings. The molecule has 0 saturated carbocycles. The number of benzene rings is 1. The first-order valence-corrected chi connectivity index (χ1v) is 4.79. The van der Waals surface area contributed by atoms with Crippen molar-refractivity contribution in [1.82, 2.24) is 0 Å². The van der Waals surface area contributed by atoms with Crippen LogP contribution < -0.4 is 5.73 Å². The fourth-order valence-corrected chi connectivity index (χ4v) is 1.12. The first-order chi connectivity index (χ1) is 7.09. The predicted molar refractivity (Wildman–Crippen MR) is 59.8 cm³/mol. The smallest absolute Gasteiger partial charge is 0.335 e. The van der Waals surface area contributed by atoms with E-state index >= 15 is 0 Å². The van der Waals surface area contributed by atoms with E-state index in [-0.39, 0.29) is 5.97 Å². The monoisotopic (exact) mass is 205 g/mol. The summed E-state index contributed by atoms with van der Waals surface area (Å²) in [5.74, 6) is -0.381. The van der Waals surface area contributed by atoms with Gasteiger partial charge in [0.25, 0.3) is 0 Å². The Bertz CT molecular complexity index is 355. The van der Waals surface area contributed by atoms with Gasteiger partial charge >= 0.3 is 5.97 Å². The average Bonchev–Trinajstić information content (AvgIpc) is 2.18. The van der Waals surface area contributed by atoms with Crippen molar-refractivity contribution in [3.63, 3.8) is 0 Å². The molecule has 1 atom stereocenters. The van der Waals surface area contributed by atoms with Crippen molar-refractivity contribution in [3.05, 3.63) is 41.5 Å². The van der Waals surface area contributed by atoms with Gasteiger partial charge in [0.1, 0.15) is 6.23 Å². The van der Waals surface area contributed by atoms with Crippen LogP contribution in [-0.4, -0.2) is 12.2 Å². The molecule has 3 heteroatoms. The Kier molecular flexibility index (Phi) is 4.06. The third kappa shape index (κ3) is 3.95. The Labute approximate surface area is 89.5 Å². The molecule has 0 bridgehead atoms. The van der Waals surface area contributed by atoms with Crippen LogP contribution in [0.4, 0.5) is 0 Å². The second kappa shape index (κ2) is 5.32. The van der Waals surface area contributed by atoms with Crippen molar-refractivity contribution in [2.75, 3.05) is 0 Å². The van der Waals surface area contributed by atoms with E-state index in [1.807, 2.05) is 30.3 Å². The van der Waals surface area contributed by atoms with Gasteiger partial charge in [-0.2, -0.15) is 0 Å². The molecule has 0 aliphatic carbocycles. The molecule has 0 amide bonds. The summed E-state index contributed by atoms with van der Waals surface area (Å²) in [4.78, 5) is 11.4. The lowest BCUT2D eigenvalue weighted by atomic mass is 10.1. The number of nitrogens with two attached hydrogens (primary N) is 1. The Morgan fingerprint density at radius 2 is 2.00 bits per heavy atom. The maximum Gasteiger partial charge on any atom is 0.335 e. The molecule has 1 rings (SSSR count). The number of carbonyl (C=O) groups is 1. The summed E-state index contributed by atoms with van der Waals surface area (Å²) < 4.78 is 4.85. The molecule has 1 unspecified atom stereocenters. The molecule has 0 radical (unpaired) electrons. The minimum Gasteiger partial charge on any atom is -0.444 e. The van der Waals surface area contributed by atoms with Crippen molar-refractivity contribution in [2.45, 2.75) is 20.1 Å². The quantitative estimate of drug-likeness (QED) is 0.466. The van der Waals surface area contributed by atoms with Crippen LogP contribution in [0, 0.1) is 0 Å². The first-order valence-electron chi connectivity index (χ1n) is 4.79. The molecule has 0 heterocycles. The fraction of sp³-hybridized carbons (Fsp3) is 0.250. The van der Waals surface area contributed by atoms with Gasteiger partial charge in [0.05, 0.1) is 0 Å². The molecule has 0 spiro atoms. The fourth-order valence-electron chi connectivity index (χ4n) is 1.12. The van der Waals surface area contributed by atoms with Crippen molar-refractivity contribution >= 4 is 12.0 Å². The van der Waals surface area contributed by atoms with Gasteiger partial charge in [0.15, 0.2) is 0 Å². The Morgan fingerprint density at radius 1 is 1.40 bits per heavy atom. The summed E-state index contributed by atoms with van der Waals surface area (Å²) >= 11 is 0. The third-order valence-corrected chi connectivity index (χ3v) is 1.80. The Hall–Kier alpha value is -1.61. The zero-order valence-corrected chi connectivity index (χ0v) is 8.94. The average molecular weight is 205 g/mol. The molecule has 0 aromatic heterocycles. The lowest BCUT2D eigenvalue weighted by molar-refractivity contribution is -0.142. The van der Waals surface area contributed by atoms with Gasteiger partial charge in [0, 0.05) is 5.57 Å². The summed E-state index contributed by atoms with van der Waals surface area (Å²) in [5, 5.41) is 0. The van der Waals surface area contributed by atoms with Gasteiger partial charge in [-0.3, -0.25) is 5.73 Å². The molecule has 3 nitrogen and oxygen atoms in total. The molecule has 2 N–H and O–H groups in total. The van der Waals surface area contributed by atoms with Gasteiger partial charge < -0.3 is 4.74 Å². The molecule has 80 valence electrons. The molecule has 0 aliphatic rings. The molecule has 0 fully saturated rings. The topological polar surface area (TPSA) is 52.3 Å². The van der Waals surface area contributed by atoms with Crippen molar-refractivity contribution in [1.29, 1.82) is 0 Å². The first kappa shape index (κ1) is 11.5. The van der Waals surface area contributed by atoms with Gasteiger partial charge in [-0.1, -0.05) is 30.3 Å². The predicted octanol–water partition coefficient (Wildman–Crippen LogP) is 1.94. The largest absolute Gasteiger partial charge is 0.444 e. The van der Waals surface area contributed by atoms with Crippen molar-refractivity contribution in [2.24, 2.45) is 5.73 Å². The van der Waals surface area contributed by atoms with E-state index in [1.165, 1.54) is 0 Å². The van der Waals surface area contributed by atoms with Gasteiger partial charge in [-0.05, 0) is 25.5 Å². The number of ether oxygens (including phenoxy) is 1. The second-order valence-corrected chi connectivity index (χ2v) is 3.35. The van der Waals surface area contributed by atoms with Crippen LogP contribution in [0.2, 0.25) is 0 Å². The Morgan fingerprint density at radius 3 is 2.53 bits per heavy atom. The third-order valence-electron chi connectivity index (χ3n) is 1.80. The second-order valence-electron chi connectivity index (χ2n) is 3.35. The van der Waals surface area contributed by atoms with Gasteiger partial charge in [0.2, 0.25) is 0 Å². The van der Waals surface area contributed by atoms with Crippen molar-refractivity contribution < 1.29 is 9.53 Å². The summed E-state index contributed by atoms with van der Waals surface area (Å²) in [6.07, 6.45) is 1.20. The number of hydrogen-bond donors (Lipinski definition) is 1. The number of esters is 1. The normalized spacial score (nSPS) is 13.4. The minimum atomic E-state index is -0.573. The molecule has 0 saturated heterocycles. The SMILES string of the molecule is CC(=Cc1ccccc1)C(=O)OC(C)N. The summed E-state index contributed by atoms with van der Waals surface area (Å²) in [6, 6.07) is 9.59. The zero-order valence-electron chi connectivity index (χ0n) is 8.94. The summed E-state index contributed by atoms with van der Waals surface area (Å²) in [7, 11) is 0. The van der Waals surface area contributed by atoms with E-state index in [2.05, 4.69) is 0 Å². The highest BCUT2D eigenvalue weighted by atomic mass is 16.6. The van der Waals surface area contributed by atoms with E-state index in [0.29, 0.717) is 5.57 Å². The summed E-state index contributed by atoms with van der Waals surface area (Å²) in [5.41, 5.74) is 6.86. The van der Waals surface area contributed by atoms with E-state index in [0.717, 1.165) is 5.56 Å². The molecule has 0 aliphatic heterocycles. The molecule has 15 heavy (non-hydrogen) atoms. The maximum atomic E-state index is 11.4. The highest BCUT2D eigenvalue weighted by Gasteiger charge is 2.07. The number of carbonyl (C=O) groups excluding carboxylic acids is 1. The number of hydrogen-bond acceptors (Lipinski definition) is 3. The summed E-state index contributed by atoms with van der Waals surface area (Å²) in [6.45, 7) is 3.32. The zero-order chi connectivity index (χ0) is 11.3. The van der Waals surface area contributed by atoms with Crippen LogP contribution in [0.15, 0.2) is 35.9 Å². The minimum absolute atomic E-state index is 0.381. The van der Waals surface area contributed by atoms with Crippen LogP contribution in [0.3, 0.4) is 0 Å². The highest BCUT2D eigenvalue weighted by Crippen LogP contribution is 2.07. The highest BCUT2D eigenvalue weighted by molar-refractivity contribution is 5.93. The van der Waals surface area contributed by atoms with Gasteiger partial charge in [-0.25, -0.2) is 4.79 Å². The lowest BCUT2D eigenvalue weighted by Crippen LogP contribution is -2.23.